The van der Waals surface area contributed by atoms with Gasteiger partial charge in [0.1, 0.15) is 5.75 Å². The first-order valence-electron chi connectivity index (χ1n) is 23.2. The summed E-state index contributed by atoms with van der Waals surface area (Å²) in [6, 6.07) is 5.09. The van der Waals surface area contributed by atoms with Gasteiger partial charge in [0.05, 0.1) is 31.0 Å². The van der Waals surface area contributed by atoms with Crippen molar-refractivity contribution in [2.24, 2.45) is 17.3 Å². The van der Waals surface area contributed by atoms with E-state index in [4.69, 9.17) is 21.1 Å². The summed E-state index contributed by atoms with van der Waals surface area (Å²) in [4.78, 5) is 24.5. The number of carbonyl (C=O) groups is 2. The zero-order chi connectivity index (χ0) is 41.1. The highest BCUT2D eigenvalue weighted by molar-refractivity contribution is 6.21. The van der Waals surface area contributed by atoms with E-state index >= 15 is 0 Å². The molecule has 0 bridgehead atoms. The summed E-state index contributed by atoms with van der Waals surface area (Å²) in [5, 5.41) is 31.2. The predicted molar refractivity (Wildman–Crippen MR) is 234 cm³/mol. The second-order valence-corrected chi connectivity index (χ2v) is 17.7. The standard InChI is InChI=1S/C49H79ClO7/c1-3-5-6-7-8-9-10-11-12-13-14-15-16-17-20-23-36-56-45-30-24-29-42(48(54)55)41(45)33-37-57-47(53)32-22-19-18-21-27-39-40(44(51)38-43(39)50)28-25-31-46(52)49(4-2)34-26-35-49/h18,21,24-25,28-30,39-40,43-44,46,51-52H,3-17,19-20,22-23,26-27,31-38H2,1-2H3,(H,54,55)/b21-18-,28-25+/t39-,40-,43-,44-,46+/m1/s1. The minimum absolute atomic E-state index is 0.0331. The Morgan fingerprint density at radius 3 is 2.07 bits per heavy atom. The van der Waals surface area contributed by atoms with E-state index in [1.54, 1.807) is 12.1 Å². The van der Waals surface area contributed by atoms with E-state index in [-0.39, 0.29) is 59.7 Å². The van der Waals surface area contributed by atoms with Gasteiger partial charge >= 0.3 is 11.9 Å². The minimum atomic E-state index is -1.02. The molecule has 8 heteroatoms. The fourth-order valence-electron chi connectivity index (χ4n) is 8.90. The van der Waals surface area contributed by atoms with Crippen molar-refractivity contribution in [3.8, 4) is 5.75 Å². The molecule has 2 saturated carbocycles. The highest BCUT2D eigenvalue weighted by Crippen LogP contribution is 2.48. The number of hydrogen-bond acceptors (Lipinski definition) is 6. The van der Waals surface area contributed by atoms with E-state index in [9.17, 15) is 24.9 Å². The summed E-state index contributed by atoms with van der Waals surface area (Å²) < 4.78 is 11.6. The monoisotopic (exact) mass is 815 g/mol. The molecule has 0 saturated heterocycles. The molecule has 2 aliphatic rings. The van der Waals surface area contributed by atoms with Gasteiger partial charge in [-0.2, -0.15) is 0 Å². The zero-order valence-electron chi connectivity index (χ0n) is 35.8. The first-order valence-corrected chi connectivity index (χ1v) is 23.6. The van der Waals surface area contributed by atoms with Gasteiger partial charge in [-0.15, -0.1) is 11.6 Å². The fourth-order valence-corrected chi connectivity index (χ4v) is 9.35. The van der Waals surface area contributed by atoms with Crippen LogP contribution < -0.4 is 4.74 Å². The van der Waals surface area contributed by atoms with Crippen LogP contribution in [0, 0.1) is 17.3 Å². The van der Waals surface area contributed by atoms with Crippen molar-refractivity contribution in [1.29, 1.82) is 0 Å². The lowest BCUT2D eigenvalue weighted by atomic mass is 9.63. The van der Waals surface area contributed by atoms with Crippen LogP contribution in [0.15, 0.2) is 42.5 Å². The molecule has 0 heterocycles. The maximum absolute atomic E-state index is 12.5. The molecule has 0 amide bonds. The van der Waals surface area contributed by atoms with Crippen LogP contribution in [0.5, 0.6) is 5.75 Å². The van der Waals surface area contributed by atoms with Crippen molar-refractivity contribution < 1.29 is 34.4 Å². The number of hydrogen-bond donors (Lipinski definition) is 3. The molecule has 0 aromatic heterocycles. The number of halogens is 1. The Morgan fingerprint density at radius 2 is 1.49 bits per heavy atom. The highest BCUT2D eigenvalue weighted by Gasteiger charge is 2.42. The number of ether oxygens (including phenoxy) is 2. The molecule has 2 fully saturated rings. The lowest BCUT2D eigenvalue weighted by molar-refractivity contribution is -0.143. The van der Waals surface area contributed by atoms with Gasteiger partial charge in [-0.05, 0) is 81.3 Å². The quantitative estimate of drug-likeness (QED) is 0.0280. The maximum atomic E-state index is 12.5. The number of allylic oxidation sites excluding steroid dienone is 2. The maximum Gasteiger partial charge on any atom is 0.336 e. The van der Waals surface area contributed by atoms with Gasteiger partial charge in [0.15, 0.2) is 0 Å². The van der Waals surface area contributed by atoms with Crippen molar-refractivity contribution in [2.45, 2.75) is 205 Å². The van der Waals surface area contributed by atoms with E-state index in [1.165, 1.54) is 96.3 Å². The van der Waals surface area contributed by atoms with E-state index in [1.807, 2.05) is 12.1 Å². The van der Waals surface area contributed by atoms with Crippen molar-refractivity contribution in [3.05, 3.63) is 53.6 Å². The highest BCUT2D eigenvalue weighted by atomic mass is 35.5. The molecule has 324 valence electrons. The first-order chi connectivity index (χ1) is 27.7. The van der Waals surface area contributed by atoms with Gasteiger partial charge in [-0.3, -0.25) is 4.79 Å². The molecule has 57 heavy (non-hydrogen) atoms. The second kappa shape index (κ2) is 29.0. The molecule has 3 rings (SSSR count). The Kier molecular flexibility index (Phi) is 24.9. The van der Waals surface area contributed by atoms with Crippen LogP contribution in [-0.2, 0) is 16.0 Å². The fraction of sp³-hybridized carbons (Fsp3) is 0.755. The van der Waals surface area contributed by atoms with Crippen LogP contribution in [0.3, 0.4) is 0 Å². The number of aromatic carboxylic acids is 1. The second-order valence-electron chi connectivity index (χ2n) is 17.1. The third-order valence-electron chi connectivity index (χ3n) is 12.9. The lowest BCUT2D eigenvalue weighted by Gasteiger charge is -2.45. The van der Waals surface area contributed by atoms with Gasteiger partial charge in [-0.25, -0.2) is 4.79 Å². The Hall–Kier alpha value is -2.35. The molecule has 0 aliphatic heterocycles. The third kappa shape index (κ3) is 18.2. The molecule has 3 N–H and O–H groups in total. The number of benzene rings is 1. The molecule has 5 atom stereocenters. The minimum Gasteiger partial charge on any atom is -0.493 e. The number of carboxylic acids is 1. The van der Waals surface area contributed by atoms with Crippen molar-refractivity contribution in [2.75, 3.05) is 13.2 Å². The number of aliphatic hydroxyl groups is 2. The molecule has 1 aromatic carbocycles. The van der Waals surface area contributed by atoms with E-state index in [2.05, 4.69) is 32.1 Å². The van der Waals surface area contributed by atoms with Crippen LogP contribution in [0.1, 0.15) is 197 Å². The Balaban J connectivity index is 1.27. The molecular formula is C49H79ClO7. The van der Waals surface area contributed by atoms with Gasteiger partial charge in [0.2, 0.25) is 0 Å². The molecule has 0 unspecified atom stereocenters. The number of alkyl halides is 1. The zero-order valence-corrected chi connectivity index (χ0v) is 36.5. The van der Waals surface area contributed by atoms with E-state index in [0.717, 1.165) is 44.9 Å². The summed E-state index contributed by atoms with van der Waals surface area (Å²) in [6.45, 7) is 5.07. The number of carboxylic acid groups (broad SMARTS) is 1. The smallest absolute Gasteiger partial charge is 0.336 e. The summed E-state index contributed by atoms with van der Waals surface area (Å²) in [6.07, 6.45) is 36.6. The van der Waals surface area contributed by atoms with Gasteiger partial charge in [0, 0.05) is 29.7 Å². The topological polar surface area (TPSA) is 113 Å². The first kappa shape index (κ1) is 49.0. The molecule has 2 aliphatic carbocycles. The number of unbranched alkanes of at least 4 members (excludes halogenated alkanes) is 16. The molecular weight excluding hydrogens is 736 g/mol. The normalized spacial score (nSPS) is 20.9. The molecule has 7 nitrogen and oxygen atoms in total. The Morgan fingerprint density at radius 1 is 0.860 bits per heavy atom. The molecule has 1 aromatic rings. The van der Waals surface area contributed by atoms with Gasteiger partial charge in [0.25, 0.3) is 0 Å². The van der Waals surface area contributed by atoms with Gasteiger partial charge in [-0.1, -0.05) is 147 Å². The Bertz CT molecular complexity index is 1300. The number of carbonyl (C=O) groups excluding carboxylic acids is 1. The van der Waals surface area contributed by atoms with Crippen LogP contribution in [-0.4, -0.2) is 58.1 Å². The summed E-state index contributed by atoms with van der Waals surface area (Å²) in [5.41, 5.74) is 0.819. The van der Waals surface area contributed by atoms with Crippen LogP contribution >= 0.6 is 11.6 Å². The van der Waals surface area contributed by atoms with E-state index in [0.29, 0.717) is 37.2 Å². The summed E-state index contributed by atoms with van der Waals surface area (Å²) in [5.74, 6) is -0.671. The molecule has 0 spiro atoms. The predicted octanol–water partition coefficient (Wildman–Crippen LogP) is 12.7. The summed E-state index contributed by atoms with van der Waals surface area (Å²) in [7, 11) is 0. The average Bonchev–Trinajstić information content (AvgIpc) is 3.44. The van der Waals surface area contributed by atoms with E-state index < -0.39 is 12.1 Å². The van der Waals surface area contributed by atoms with Crippen LogP contribution in [0.25, 0.3) is 0 Å². The Labute approximate surface area is 351 Å². The van der Waals surface area contributed by atoms with Crippen LogP contribution in [0.4, 0.5) is 0 Å². The number of esters is 1. The lowest BCUT2D eigenvalue weighted by Crippen LogP contribution is -2.40. The average molecular weight is 816 g/mol. The van der Waals surface area contributed by atoms with Crippen LogP contribution in [0.2, 0.25) is 0 Å². The molecule has 0 radical (unpaired) electrons. The third-order valence-corrected chi connectivity index (χ3v) is 13.4. The van der Waals surface area contributed by atoms with Gasteiger partial charge < -0.3 is 24.8 Å². The largest absolute Gasteiger partial charge is 0.493 e. The number of rotatable bonds is 33. The van der Waals surface area contributed by atoms with Crippen molar-refractivity contribution >= 4 is 23.5 Å². The summed E-state index contributed by atoms with van der Waals surface area (Å²) >= 11 is 6.65. The van der Waals surface area contributed by atoms with Crippen molar-refractivity contribution in [3.63, 3.8) is 0 Å². The SMILES string of the molecule is CCCCCCCCCCCCCCCCCCOc1cccc(C(=O)O)c1CCOC(=O)CCC/C=C\C[C@@H]1[C@@H](/C=C/C[C@H](O)C2(CC)CCC2)[C@H](O)C[C@H]1Cl. The van der Waals surface area contributed by atoms with Crippen molar-refractivity contribution in [1.82, 2.24) is 0 Å². The number of aliphatic hydroxyl groups excluding tert-OH is 2.